The van der Waals surface area contributed by atoms with E-state index >= 15 is 0 Å². The molecule has 102 valence electrons. The topological polar surface area (TPSA) is 68.2 Å². The number of hydrogen-bond acceptors (Lipinski definition) is 5. The molecule has 3 atom stereocenters. The van der Waals surface area contributed by atoms with Gasteiger partial charge < -0.3 is 24.4 Å². The summed E-state index contributed by atoms with van der Waals surface area (Å²) in [7, 11) is 0. The highest BCUT2D eigenvalue weighted by Crippen LogP contribution is 2.20. The van der Waals surface area contributed by atoms with E-state index in [1.165, 1.54) is 0 Å². The lowest BCUT2D eigenvalue weighted by molar-refractivity contribution is -0.222. The summed E-state index contributed by atoms with van der Waals surface area (Å²) >= 11 is 0. The van der Waals surface area contributed by atoms with Crippen molar-refractivity contribution in [2.24, 2.45) is 0 Å². The zero-order chi connectivity index (χ0) is 12.5. The smallest absolute Gasteiger partial charge is 0.160 e. The molecular formula is C12H24O5. The fourth-order valence-electron chi connectivity index (χ4n) is 1.79. The molecule has 17 heavy (non-hydrogen) atoms. The first-order valence-electron chi connectivity index (χ1n) is 6.40. The van der Waals surface area contributed by atoms with Gasteiger partial charge in [-0.1, -0.05) is 6.92 Å². The molecule has 0 amide bonds. The van der Waals surface area contributed by atoms with Gasteiger partial charge in [-0.2, -0.15) is 0 Å². The van der Waals surface area contributed by atoms with E-state index < -0.39 is 12.4 Å². The van der Waals surface area contributed by atoms with Crippen molar-refractivity contribution in [1.29, 1.82) is 0 Å². The zero-order valence-electron chi connectivity index (χ0n) is 10.5. The number of ether oxygens (including phenoxy) is 3. The Morgan fingerprint density at radius 3 is 2.76 bits per heavy atom. The van der Waals surface area contributed by atoms with Gasteiger partial charge in [0, 0.05) is 26.1 Å². The predicted molar refractivity (Wildman–Crippen MR) is 62.7 cm³/mol. The third-order valence-electron chi connectivity index (χ3n) is 2.63. The Balaban J connectivity index is 2.05. The maximum Gasteiger partial charge on any atom is 0.160 e. The molecule has 5 nitrogen and oxygen atoms in total. The quantitative estimate of drug-likeness (QED) is 0.618. The molecule has 3 unspecified atom stereocenters. The number of aliphatic hydroxyl groups excluding tert-OH is 2. The van der Waals surface area contributed by atoms with Crippen LogP contribution in [-0.2, 0) is 14.2 Å². The van der Waals surface area contributed by atoms with Crippen LogP contribution >= 0.6 is 0 Å². The monoisotopic (exact) mass is 248 g/mol. The van der Waals surface area contributed by atoms with Crippen LogP contribution in [0.5, 0.6) is 0 Å². The minimum absolute atomic E-state index is 0.0729. The summed E-state index contributed by atoms with van der Waals surface area (Å²) in [4.78, 5) is 0. The Labute approximate surface area is 103 Å². The molecule has 0 spiro atoms. The van der Waals surface area contributed by atoms with Crippen molar-refractivity contribution in [1.82, 2.24) is 0 Å². The molecule has 0 saturated carbocycles. The maximum atomic E-state index is 9.56. The van der Waals surface area contributed by atoms with Crippen LogP contribution in [0.25, 0.3) is 0 Å². The van der Waals surface area contributed by atoms with Gasteiger partial charge in [-0.3, -0.25) is 0 Å². The van der Waals surface area contributed by atoms with Gasteiger partial charge >= 0.3 is 0 Å². The molecule has 1 heterocycles. The van der Waals surface area contributed by atoms with E-state index in [4.69, 9.17) is 19.3 Å². The molecule has 2 N–H and O–H groups in total. The first-order chi connectivity index (χ1) is 8.26. The molecule has 0 radical (unpaired) electrons. The van der Waals surface area contributed by atoms with Crippen molar-refractivity contribution >= 4 is 0 Å². The Morgan fingerprint density at radius 2 is 2.06 bits per heavy atom. The molecule has 0 aromatic heterocycles. The standard InChI is InChI=1S/C12H24O5/c1-2-4-15-5-3-6-16-12-8-10(14)7-11(9-13)17-12/h10-14H,2-9H2,1H3. The van der Waals surface area contributed by atoms with Crippen LogP contribution in [0.1, 0.15) is 32.6 Å². The second-order valence-electron chi connectivity index (χ2n) is 4.33. The highest BCUT2D eigenvalue weighted by atomic mass is 16.7. The molecule has 1 aliphatic rings. The van der Waals surface area contributed by atoms with Crippen molar-refractivity contribution in [2.75, 3.05) is 26.4 Å². The van der Waals surface area contributed by atoms with E-state index in [0.717, 1.165) is 19.4 Å². The third kappa shape index (κ3) is 6.33. The number of rotatable bonds is 8. The number of aliphatic hydroxyl groups is 2. The molecule has 1 saturated heterocycles. The van der Waals surface area contributed by atoms with Gasteiger partial charge in [0.1, 0.15) is 0 Å². The number of hydrogen-bond donors (Lipinski definition) is 2. The van der Waals surface area contributed by atoms with Gasteiger partial charge in [0.25, 0.3) is 0 Å². The van der Waals surface area contributed by atoms with Crippen LogP contribution in [0, 0.1) is 0 Å². The Morgan fingerprint density at radius 1 is 1.24 bits per heavy atom. The van der Waals surface area contributed by atoms with E-state index in [0.29, 0.717) is 26.1 Å². The van der Waals surface area contributed by atoms with Gasteiger partial charge in [0.05, 0.1) is 25.4 Å². The average molecular weight is 248 g/mol. The minimum Gasteiger partial charge on any atom is -0.394 e. The molecular weight excluding hydrogens is 224 g/mol. The molecule has 1 fully saturated rings. The van der Waals surface area contributed by atoms with Crippen LogP contribution in [0.15, 0.2) is 0 Å². The highest BCUT2D eigenvalue weighted by molar-refractivity contribution is 4.72. The first kappa shape index (κ1) is 14.9. The molecule has 1 aliphatic heterocycles. The largest absolute Gasteiger partial charge is 0.394 e. The second kappa shape index (κ2) is 8.83. The third-order valence-corrected chi connectivity index (χ3v) is 2.63. The summed E-state index contributed by atoms with van der Waals surface area (Å²) in [6.45, 7) is 4.02. The molecule has 0 bridgehead atoms. The summed E-state index contributed by atoms with van der Waals surface area (Å²) in [5.41, 5.74) is 0. The Hall–Kier alpha value is -0.200. The van der Waals surface area contributed by atoms with Crippen molar-refractivity contribution in [3.8, 4) is 0 Å². The normalized spacial score (nSPS) is 29.5. The summed E-state index contributed by atoms with van der Waals surface area (Å²) in [6, 6.07) is 0. The average Bonchev–Trinajstić information content (AvgIpc) is 2.33. The summed E-state index contributed by atoms with van der Waals surface area (Å²) in [5, 5.41) is 18.5. The summed E-state index contributed by atoms with van der Waals surface area (Å²) < 4.78 is 16.3. The molecule has 1 rings (SSSR count). The Kier molecular flexibility index (Phi) is 7.72. The van der Waals surface area contributed by atoms with E-state index in [1.54, 1.807) is 0 Å². The van der Waals surface area contributed by atoms with E-state index in [2.05, 4.69) is 6.92 Å². The lowest BCUT2D eigenvalue weighted by Crippen LogP contribution is -2.39. The van der Waals surface area contributed by atoms with Crippen molar-refractivity contribution in [3.05, 3.63) is 0 Å². The van der Waals surface area contributed by atoms with Crippen LogP contribution in [-0.4, -0.2) is 55.1 Å². The minimum atomic E-state index is -0.442. The molecule has 0 aromatic carbocycles. The SMILES string of the molecule is CCCOCCCOC1CC(O)CC(CO)O1. The molecule has 0 aliphatic carbocycles. The lowest BCUT2D eigenvalue weighted by Gasteiger charge is -2.32. The predicted octanol–water partition coefficient (Wildman–Crippen LogP) is 0.678. The van der Waals surface area contributed by atoms with Crippen molar-refractivity contribution in [3.63, 3.8) is 0 Å². The fourth-order valence-corrected chi connectivity index (χ4v) is 1.79. The summed E-state index contributed by atoms with van der Waals surface area (Å²) in [5.74, 6) is 0. The zero-order valence-corrected chi connectivity index (χ0v) is 10.5. The second-order valence-corrected chi connectivity index (χ2v) is 4.33. The van der Waals surface area contributed by atoms with E-state index in [9.17, 15) is 5.11 Å². The van der Waals surface area contributed by atoms with Crippen LogP contribution in [0.4, 0.5) is 0 Å². The fraction of sp³-hybridized carbons (Fsp3) is 1.00. The van der Waals surface area contributed by atoms with Gasteiger partial charge in [-0.15, -0.1) is 0 Å². The van der Waals surface area contributed by atoms with Crippen molar-refractivity contribution < 1.29 is 24.4 Å². The van der Waals surface area contributed by atoms with Crippen molar-refractivity contribution in [2.45, 2.75) is 51.1 Å². The lowest BCUT2D eigenvalue weighted by atomic mass is 10.1. The van der Waals surface area contributed by atoms with Gasteiger partial charge in [0.15, 0.2) is 6.29 Å². The first-order valence-corrected chi connectivity index (χ1v) is 6.40. The van der Waals surface area contributed by atoms with Gasteiger partial charge in [0.2, 0.25) is 0 Å². The maximum absolute atomic E-state index is 9.56. The van der Waals surface area contributed by atoms with Crippen LogP contribution < -0.4 is 0 Å². The van der Waals surface area contributed by atoms with Gasteiger partial charge in [-0.05, 0) is 12.8 Å². The van der Waals surface area contributed by atoms with Crippen LogP contribution in [0.2, 0.25) is 0 Å². The van der Waals surface area contributed by atoms with Gasteiger partial charge in [-0.25, -0.2) is 0 Å². The van der Waals surface area contributed by atoms with Crippen LogP contribution in [0.3, 0.4) is 0 Å². The van der Waals surface area contributed by atoms with E-state index in [-0.39, 0.29) is 12.7 Å². The molecule has 5 heteroatoms. The highest BCUT2D eigenvalue weighted by Gasteiger charge is 2.28. The molecule has 0 aromatic rings. The Bertz CT molecular complexity index is 188. The van der Waals surface area contributed by atoms with E-state index in [1.807, 2.05) is 0 Å². The summed E-state index contributed by atoms with van der Waals surface area (Å²) in [6.07, 6.45) is 1.66.